The van der Waals surface area contributed by atoms with Gasteiger partial charge in [-0.2, -0.15) is 0 Å². The highest BCUT2D eigenvalue weighted by Gasteiger charge is 2.09. The summed E-state index contributed by atoms with van der Waals surface area (Å²) in [5.74, 6) is 0.317. The number of nitrogens with one attached hydrogen (secondary N) is 1. The molecule has 0 radical (unpaired) electrons. The predicted octanol–water partition coefficient (Wildman–Crippen LogP) is 3.25. The zero-order valence-electron chi connectivity index (χ0n) is 13.4. The Balaban J connectivity index is 1.94. The van der Waals surface area contributed by atoms with E-state index in [4.69, 9.17) is 9.47 Å². The molecule has 0 fully saturated rings. The van der Waals surface area contributed by atoms with E-state index in [0.717, 1.165) is 11.1 Å². The number of esters is 1. The molecule has 0 spiro atoms. The van der Waals surface area contributed by atoms with Crippen molar-refractivity contribution in [2.45, 2.75) is 20.8 Å². The number of amides is 1. The SMILES string of the molecule is CC(=O)Nc1cccc(OC(=O)COc2cccc(C)c2C)c1. The highest BCUT2D eigenvalue weighted by Crippen LogP contribution is 2.21. The zero-order chi connectivity index (χ0) is 16.8. The van der Waals surface area contributed by atoms with Gasteiger partial charge >= 0.3 is 5.97 Å². The second kappa shape index (κ2) is 7.45. The Kier molecular flexibility index (Phi) is 5.36. The molecule has 0 bridgehead atoms. The number of hydrogen-bond acceptors (Lipinski definition) is 4. The minimum atomic E-state index is -0.508. The number of hydrogen-bond donors (Lipinski definition) is 1. The van der Waals surface area contributed by atoms with Crippen molar-refractivity contribution in [3.8, 4) is 11.5 Å². The Hall–Kier alpha value is -2.82. The Bertz CT molecular complexity index is 725. The van der Waals surface area contributed by atoms with E-state index in [9.17, 15) is 9.59 Å². The van der Waals surface area contributed by atoms with Crippen molar-refractivity contribution >= 4 is 17.6 Å². The van der Waals surface area contributed by atoms with Crippen LogP contribution in [-0.4, -0.2) is 18.5 Å². The van der Waals surface area contributed by atoms with Crippen LogP contribution in [0.5, 0.6) is 11.5 Å². The highest BCUT2D eigenvalue weighted by molar-refractivity contribution is 5.89. The lowest BCUT2D eigenvalue weighted by atomic mass is 10.1. The van der Waals surface area contributed by atoms with Crippen molar-refractivity contribution in [1.29, 1.82) is 0 Å². The molecule has 2 aromatic carbocycles. The Labute approximate surface area is 135 Å². The summed E-state index contributed by atoms with van der Waals surface area (Å²) in [5.41, 5.74) is 2.66. The number of carbonyl (C=O) groups excluding carboxylic acids is 2. The van der Waals surface area contributed by atoms with Gasteiger partial charge in [-0.15, -0.1) is 0 Å². The van der Waals surface area contributed by atoms with Crippen LogP contribution in [0.3, 0.4) is 0 Å². The smallest absolute Gasteiger partial charge is 0.349 e. The molecule has 0 saturated carbocycles. The summed E-state index contributed by atoms with van der Waals surface area (Å²) < 4.78 is 10.7. The van der Waals surface area contributed by atoms with E-state index in [0.29, 0.717) is 17.2 Å². The van der Waals surface area contributed by atoms with Gasteiger partial charge in [-0.3, -0.25) is 4.79 Å². The van der Waals surface area contributed by atoms with Gasteiger partial charge in [-0.05, 0) is 43.2 Å². The first kappa shape index (κ1) is 16.5. The van der Waals surface area contributed by atoms with Crippen molar-refractivity contribution in [2.75, 3.05) is 11.9 Å². The van der Waals surface area contributed by atoms with Crippen molar-refractivity contribution in [3.63, 3.8) is 0 Å². The van der Waals surface area contributed by atoms with Crippen LogP contribution in [-0.2, 0) is 9.59 Å². The number of anilines is 1. The normalized spacial score (nSPS) is 10.0. The molecule has 0 aliphatic carbocycles. The van der Waals surface area contributed by atoms with Crippen LogP contribution in [0.2, 0.25) is 0 Å². The van der Waals surface area contributed by atoms with Gasteiger partial charge in [0.1, 0.15) is 11.5 Å². The maximum Gasteiger partial charge on any atom is 0.349 e. The molecule has 120 valence electrons. The average molecular weight is 313 g/mol. The van der Waals surface area contributed by atoms with Gasteiger partial charge in [0.05, 0.1) is 0 Å². The van der Waals surface area contributed by atoms with Gasteiger partial charge in [0, 0.05) is 18.7 Å². The monoisotopic (exact) mass is 313 g/mol. The summed E-state index contributed by atoms with van der Waals surface area (Å²) in [6.45, 7) is 5.15. The number of ether oxygens (including phenoxy) is 2. The molecular formula is C18H19NO4. The third-order valence-corrected chi connectivity index (χ3v) is 3.29. The second-order valence-corrected chi connectivity index (χ2v) is 5.17. The number of benzene rings is 2. The van der Waals surface area contributed by atoms with Crippen LogP contribution in [0.15, 0.2) is 42.5 Å². The molecule has 0 aliphatic heterocycles. The lowest BCUT2D eigenvalue weighted by molar-refractivity contribution is -0.136. The van der Waals surface area contributed by atoms with Crippen molar-refractivity contribution < 1.29 is 19.1 Å². The summed E-state index contributed by atoms with van der Waals surface area (Å²) in [5, 5.41) is 2.63. The summed E-state index contributed by atoms with van der Waals surface area (Å²) in [7, 11) is 0. The van der Waals surface area contributed by atoms with E-state index < -0.39 is 5.97 Å². The maximum absolute atomic E-state index is 11.9. The molecule has 23 heavy (non-hydrogen) atoms. The van der Waals surface area contributed by atoms with Crippen LogP contribution in [0.1, 0.15) is 18.1 Å². The summed E-state index contributed by atoms with van der Waals surface area (Å²) in [6, 6.07) is 12.3. The van der Waals surface area contributed by atoms with Crippen molar-refractivity contribution in [2.24, 2.45) is 0 Å². The van der Waals surface area contributed by atoms with E-state index in [1.807, 2.05) is 32.0 Å². The minimum Gasteiger partial charge on any atom is -0.482 e. The Morgan fingerprint density at radius 2 is 1.83 bits per heavy atom. The van der Waals surface area contributed by atoms with E-state index >= 15 is 0 Å². The first-order chi connectivity index (χ1) is 11.0. The fourth-order valence-corrected chi connectivity index (χ4v) is 2.02. The van der Waals surface area contributed by atoms with Gasteiger partial charge in [-0.25, -0.2) is 4.79 Å². The summed E-state index contributed by atoms with van der Waals surface area (Å²) in [6.07, 6.45) is 0. The minimum absolute atomic E-state index is 0.186. The van der Waals surface area contributed by atoms with Crippen LogP contribution in [0, 0.1) is 13.8 Å². The third-order valence-electron chi connectivity index (χ3n) is 3.29. The topological polar surface area (TPSA) is 64.6 Å². The molecule has 0 atom stereocenters. The van der Waals surface area contributed by atoms with Gasteiger partial charge in [0.25, 0.3) is 0 Å². The van der Waals surface area contributed by atoms with Crippen LogP contribution >= 0.6 is 0 Å². The summed E-state index contributed by atoms with van der Waals surface area (Å²) in [4.78, 5) is 22.9. The van der Waals surface area contributed by atoms with Gasteiger partial charge in [0.2, 0.25) is 5.91 Å². The van der Waals surface area contributed by atoms with E-state index in [-0.39, 0.29) is 12.5 Å². The second-order valence-electron chi connectivity index (χ2n) is 5.17. The van der Waals surface area contributed by atoms with Crippen molar-refractivity contribution in [1.82, 2.24) is 0 Å². The summed E-state index contributed by atoms with van der Waals surface area (Å²) >= 11 is 0. The number of carbonyl (C=O) groups is 2. The molecular weight excluding hydrogens is 294 g/mol. The van der Waals surface area contributed by atoms with E-state index in [2.05, 4.69) is 5.32 Å². The lowest BCUT2D eigenvalue weighted by Gasteiger charge is -2.11. The van der Waals surface area contributed by atoms with E-state index in [1.54, 1.807) is 24.3 Å². The molecule has 5 heteroatoms. The standard InChI is InChI=1S/C18H19NO4/c1-12-6-4-9-17(13(12)2)22-11-18(21)23-16-8-5-7-15(10-16)19-14(3)20/h4-10H,11H2,1-3H3,(H,19,20). The van der Waals surface area contributed by atoms with E-state index in [1.165, 1.54) is 6.92 Å². The lowest BCUT2D eigenvalue weighted by Crippen LogP contribution is -2.18. The molecule has 0 heterocycles. The molecule has 5 nitrogen and oxygen atoms in total. The third kappa shape index (κ3) is 4.85. The number of rotatable bonds is 5. The molecule has 0 unspecified atom stereocenters. The molecule has 2 aromatic rings. The van der Waals surface area contributed by atoms with Crippen LogP contribution in [0.4, 0.5) is 5.69 Å². The Morgan fingerprint density at radius 1 is 1.09 bits per heavy atom. The Morgan fingerprint density at radius 3 is 2.57 bits per heavy atom. The average Bonchev–Trinajstić information content (AvgIpc) is 2.48. The van der Waals surface area contributed by atoms with Gasteiger partial charge < -0.3 is 14.8 Å². The predicted molar refractivity (Wildman–Crippen MR) is 87.8 cm³/mol. The van der Waals surface area contributed by atoms with Gasteiger partial charge in [-0.1, -0.05) is 18.2 Å². The molecule has 0 aliphatic rings. The van der Waals surface area contributed by atoms with Gasteiger partial charge in [0.15, 0.2) is 6.61 Å². The highest BCUT2D eigenvalue weighted by atomic mass is 16.6. The first-order valence-electron chi connectivity index (χ1n) is 7.23. The molecule has 0 saturated heterocycles. The quantitative estimate of drug-likeness (QED) is 0.680. The first-order valence-corrected chi connectivity index (χ1v) is 7.23. The largest absolute Gasteiger partial charge is 0.482 e. The fourth-order valence-electron chi connectivity index (χ4n) is 2.02. The molecule has 1 amide bonds. The fraction of sp³-hybridized carbons (Fsp3) is 0.222. The van der Waals surface area contributed by atoms with Crippen molar-refractivity contribution in [3.05, 3.63) is 53.6 Å². The number of aryl methyl sites for hydroxylation is 1. The molecule has 1 N–H and O–H groups in total. The molecule has 0 aromatic heterocycles. The van der Waals surface area contributed by atoms with Crippen LogP contribution in [0.25, 0.3) is 0 Å². The maximum atomic E-state index is 11.9. The van der Waals surface area contributed by atoms with Crippen LogP contribution < -0.4 is 14.8 Å². The zero-order valence-corrected chi connectivity index (χ0v) is 13.4. The molecule has 2 rings (SSSR count).